The summed E-state index contributed by atoms with van der Waals surface area (Å²) in [4.78, 5) is 23.2. The molecule has 0 saturated carbocycles. The molecule has 2 saturated heterocycles. The van der Waals surface area contributed by atoms with Gasteiger partial charge in [-0.3, -0.25) is 4.79 Å². The van der Waals surface area contributed by atoms with Gasteiger partial charge in [-0.1, -0.05) is 0 Å². The number of carboxylic acids is 1. The van der Waals surface area contributed by atoms with Gasteiger partial charge in [-0.25, -0.2) is 13.2 Å². The van der Waals surface area contributed by atoms with Crippen LogP contribution in [-0.2, 0) is 19.4 Å². The van der Waals surface area contributed by atoms with Gasteiger partial charge >= 0.3 is 65.1 Å². The minimum absolute atomic E-state index is 0. The van der Waals surface area contributed by atoms with Gasteiger partial charge in [0.05, 0.1) is 11.2 Å². The summed E-state index contributed by atoms with van der Waals surface area (Å²) >= 11 is 0. The molecule has 0 aromatic heterocycles. The summed E-state index contributed by atoms with van der Waals surface area (Å²) in [5.74, 6) is -1.67. The van der Waals surface area contributed by atoms with Crippen molar-refractivity contribution in [1.29, 1.82) is 0 Å². The van der Waals surface area contributed by atoms with Crippen LogP contribution in [0.1, 0.15) is 23.1 Å². The number of β-lactam (4-membered cyclic amide) rings is 1. The molecular weight excluding hydrogens is 268 g/mol. The monoisotopic (exact) mass is 281 g/mol. The minimum Gasteiger partial charge on any atom is -1.00 e. The van der Waals surface area contributed by atoms with Crippen LogP contribution >= 0.6 is 0 Å². The molecule has 1 amide bonds. The van der Waals surface area contributed by atoms with Crippen molar-refractivity contribution in [3.05, 3.63) is 0 Å². The summed E-state index contributed by atoms with van der Waals surface area (Å²) in [5.41, 5.74) is 0. The predicted octanol–water partition coefficient (Wildman–Crippen LogP) is -6.56. The summed E-state index contributed by atoms with van der Waals surface area (Å²) < 4.78 is 22.4. The maximum atomic E-state index is 11.9. The molecule has 9 heteroatoms. The smallest absolute Gasteiger partial charge is 1.00 e. The molecule has 2 aliphatic heterocycles. The second-order valence-corrected chi connectivity index (χ2v) is 7.04. The van der Waals surface area contributed by atoms with E-state index in [1.54, 1.807) is 0 Å². The van der Waals surface area contributed by atoms with E-state index in [-0.39, 0.29) is 68.4 Å². The third kappa shape index (κ3) is 2.13. The molecule has 2 atom stereocenters. The topological polar surface area (TPSA) is 91.8 Å². The molecule has 17 heavy (non-hydrogen) atoms. The molecule has 6 nitrogen and oxygen atoms in total. The molecule has 88 valence electrons. The van der Waals surface area contributed by atoms with Crippen molar-refractivity contribution in [2.24, 2.45) is 0 Å². The van der Waals surface area contributed by atoms with Crippen LogP contribution in [0, 0.1) is 0 Å². The number of sulfone groups is 1. The number of carbonyl (C=O) groups is 2. The summed E-state index contributed by atoms with van der Waals surface area (Å²) in [6.45, 7) is 2.71. The van der Waals surface area contributed by atoms with E-state index in [0.29, 0.717) is 0 Å². The average Bonchev–Trinajstić information content (AvgIpc) is 2.19. The third-order valence-electron chi connectivity index (χ3n) is 3.21. The average molecular weight is 281 g/mol. The maximum Gasteiger partial charge on any atom is 1.00 e. The Morgan fingerprint density at radius 2 is 1.94 bits per heavy atom. The van der Waals surface area contributed by atoms with Gasteiger partial charge in [0.2, 0.25) is 5.91 Å². The van der Waals surface area contributed by atoms with Gasteiger partial charge < -0.3 is 12.9 Å². The molecule has 2 rings (SSSR count). The quantitative estimate of drug-likeness (QED) is 0.381. The molecule has 0 radical (unpaired) electrons. The van der Waals surface area contributed by atoms with Gasteiger partial charge in [-0.05, 0) is 13.8 Å². The Hall–Kier alpha value is 0.890. The van der Waals surface area contributed by atoms with Crippen LogP contribution in [0.3, 0.4) is 0 Å². The van der Waals surface area contributed by atoms with E-state index in [1.807, 2.05) is 0 Å². The fourth-order valence-corrected chi connectivity index (χ4v) is 4.36. The van der Waals surface area contributed by atoms with Gasteiger partial charge in [0.25, 0.3) is 0 Å². The molecule has 0 spiro atoms. The number of fused-ring (bicyclic) bond motifs is 1. The zero-order valence-corrected chi connectivity index (χ0v) is 15.1. The molecule has 2 heterocycles. The van der Waals surface area contributed by atoms with Crippen molar-refractivity contribution in [1.82, 2.24) is 4.90 Å². The molecule has 0 aliphatic carbocycles. The van der Waals surface area contributed by atoms with Gasteiger partial charge in [0.1, 0.15) is 11.4 Å². The van der Waals surface area contributed by atoms with Gasteiger partial charge in [-0.15, -0.1) is 0 Å². The number of nitrogens with zero attached hydrogens (tertiary/aromatic N) is 1. The van der Waals surface area contributed by atoms with Crippen molar-refractivity contribution >= 4 is 21.7 Å². The minimum atomic E-state index is -3.57. The van der Waals surface area contributed by atoms with E-state index in [2.05, 4.69) is 0 Å². The number of hydrogen-bond acceptors (Lipinski definition) is 4. The van der Waals surface area contributed by atoms with Crippen LogP contribution in [0.2, 0.25) is 0 Å². The Bertz CT molecular complexity index is 470. The number of rotatable bonds is 1. The van der Waals surface area contributed by atoms with E-state index in [1.165, 1.54) is 13.8 Å². The van der Waals surface area contributed by atoms with Crippen LogP contribution < -0.4 is 59.1 Å². The van der Waals surface area contributed by atoms with Crippen molar-refractivity contribution in [3.8, 4) is 0 Å². The van der Waals surface area contributed by atoms with Gasteiger partial charge in [0, 0.05) is 0 Å². The van der Waals surface area contributed by atoms with E-state index < -0.39 is 37.9 Å². The SMILES string of the molecule is CC1(C)[C@H](C(=O)O)N2C(=O)C[C@H]2S1(=O)=O.[H-].[H-].[Na+].[Na+]. The molecule has 0 bridgehead atoms. The Morgan fingerprint density at radius 1 is 1.47 bits per heavy atom. The Labute approximate surface area is 147 Å². The number of amides is 1. The molecule has 2 aliphatic rings. The van der Waals surface area contributed by atoms with E-state index in [9.17, 15) is 18.0 Å². The Morgan fingerprint density at radius 3 is 2.24 bits per heavy atom. The van der Waals surface area contributed by atoms with Crippen LogP contribution in [0.25, 0.3) is 0 Å². The zero-order valence-electron chi connectivity index (χ0n) is 12.3. The van der Waals surface area contributed by atoms with Crippen LogP contribution in [0.15, 0.2) is 0 Å². The van der Waals surface area contributed by atoms with Crippen LogP contribution in [-0.4, -0.2) is 46.5 Å². The number of carboxylic acid groups (broad SMARTS) is 1. The molecular formula is C8H13NNa2O5S. The van der Waals surface area contributed by atoms with Gasteiger partial charge in [-0.2, -0.15) is 0 Å². The second-order valence-electron chi connectivity index (χ2n) is 4.35. The first kappa shape index (κ1) is 17.9. The molecule has 0 aromatic carbocycles. The van der Waals surface area contributed by atoms with Crippen molar-refractivity contribution in [2.45, 2.75) is 36.4 Å². The Balaban J connectivity index is -0.000000640. The fourth-order valence-electron chi connectivity index (χ4n) is 2.23. The molecule has 0 aromatic rings. The first-order valence-corrected chi connectivity index (χ1v) is 6.03. The maximum absolute atomic E-state index is 11.9. The fraction of sp³-hybridized carbons (Fsp3) is 0.750. The first-order valence-electron chi connectivity index (χ1n) is 4.48. The van der Waals surface area contributed by atoms with Crippen LogP contribution in [0.5, 0.6) is 0 Å². The molecule has 2 fully saturated rings. The second kappa shape index (κ2) is 5.11. The van der Waals surface area contributed by atoms with Crippen molar-refractivity contribution in [3.63, 3.8) is 0 Å². The van der Waals surface area contributed by atoms with E-state index >= 15 is 0 Å². The summed E-state index contributed by atoms with van der Waals surface area (Å²) in [6, 6.07) is -1.26. The molecule has 1 N–H and O–H groups in total. The zero-order chi connectivity index (χ0) is 11.6. The van der Waals surface area contributed by atoms with Crippen LogP contribution in [0.4, 0.5) is 0 Å². The van der Waals surface area contributed by atoms with E-state index in [4.69, 9.17) is 5.11 Å². The van der Waals surface area contributed by atoms with E-state index in [0.717, 1.165) is 4.90 Å². The van der Waals surface area contributed by atoms with Crippen molar-refractivity contribution in [2.75, 3.05) is 0 Å². The summed E-state index contributed by atoms with van der Waals surface area (Å²) in [7, 11) is -3.57. The third-order valence-corrected chi connectivity index (χ3v) is 6.01. The largest absolute Gasteiger partial charge is 1.00 e. The van der Waals surface area contributed by atoms with Gasteiger partial charge in [0.15, 0.2) is 9.84 Å². The first-order chi connectivity index (χ1) is 6.71. The number of hydrogen-bond donors (Lipinski definition) is 1. The molecule has 0 unspecified atom stereocenters. The Kier molecular flexibility index (Phi) is 5.38. The predicted molar refractivity (Wildman–Crippen MR) is 51.9 cm³/mol. The van der Waals surface area contributed by atoms with Crippen molar-refractivity contribution < 1.29 is 85.1 Å². The summed E-state index contributed by atoms with van der Waals surface area (Å²) in [5, 5.41) is 8.03. The standard InChI is InChI=1S/C8H11NO5S.2Na.2H/c1-8(2)6(7(11)12)9-4(10)3-5(9)15(8,13)14;;;;/h5-6H,3H2,1-2H3,(H,11,12);;;;/q;2*+1;2*-1/t5-,6+;;;;/m1..../s1. The number of aliphatic carboxylic acids is 1. The number of carbonyl (C=O) groups excluding carboxylic acids is 1. The summed E-state index contributed by atoms with van der Waals surface area (Å²) in [6.07, 6.45) is -0.0878. The normalized spacial score (nSPS) is 31.6.